The first-order valence-corrected chi connectivity index (χ1v) is 5.56. The molecule has 0 amide bonds. The summed E-state index contributed by atoms with van der Waals surface area (Å²) in [7, 11) is 0. The molecule has 0 spiro atoms. The minimum atomic E-state index is -1.19. The van der Waals surface area contributed by atoms with E-state index in [9.17, 15) is 5.11 Å². The highest BCUT2D eigenvalue weighted by Gasteiger charge is 2.19. The number of ether oxygens (including phenoxy) is 1. The summed E-state index contributed by atoms with van der Waals surface area (Å²) in [4.78, 5) is 0. The quantitative estimate of drug-likeness (QED) is 0.723. The van der Waals surface area contributed by atoms with Gasteiger partial charge >= 0.3 is 0 Å². The van der Waals surface area contributed by atoms with Crippen molar-refractivity contribution >= 4 is 0 Å². The number of hydrogen-bond acceptors (Lipinski definition) is 3. The Labute approximate surface area is 96.7 Å². The van der Waals surface area contributed by atoms with Gasteiger partial charge < -0.3 is 14.9 Å². The maximum Gasteiger partial charge on any atom is 0.160 e. The van der Waals surface area contributed by atoms with Gasteiger partial charge in [0.25, 0.3) is 0 Å². The fourth-order valence-electron chi connectivity index (χ4n) is 1.57. The van der Waals surface area contributed by atoms with Crippen LogP contribution in [-0.2, 0) is 11.2 Å². The van der Waals surface area contributed by atoms with Crippen molar-refractivity contribution in [3.05, 3.63) is 35.9 Å². The molecule has 1 aromatic carbocycles. The third-order valence-corrected chi connectivity index (χ3v) is 2.26. The highest BCUT2D eigenvalue weighted by Crippen LogP contribution is 2.13. The van der Waals surface area contributed by atoms with Crippen molar-refractivity contribution < 1.29 is 14.9 Å². The number of rotatable bonds is 6. The number of aliphatic hydroxyl groups excluding tert-OH is 1. The Morgan fingerprint density at radius 1 is 1.25 bits per heavy atom. The van der Waals surface area contributed by atoms with Crippen molar-refractivity contribution in [3.8, 4) is 0 Å². The lowest BCUT2D eigenvalue weighted by atomic mass is 10.1. The molecule has 16 heavy (non-hydrogen) atoms. The van der Waals surface area contributed by atoms with Gasteiger partial charge in [0.15, 0.2) is 5.79 Å². The number of hydrogen-bond donors (Lipinski definition) is 2. The largest absolute Gasteiger partial charge is 0.394 e. The van der Waals surface area contributed by atoms with Crippen LogP contribution in [0.4, 0.5) is 0 Å². The first kappa shape index (κ1) is 13.2. The molecule has 0 aliphatic rings. The van der Waals surface area contributed by atoms with E-state index < -0.39 is 5.79 Å². The molecule has 0 saturated heterocycles. The number of aryl methyl sites for hydroxylation is 1. The second kappa shape index (κ2) is 5.99. The molecule has 2 N–H and O–H groups in total. The number of aliphatic hydroxyl groups is 2. The van der Waals surface area contributed by atoms with Crippen molar-refractivity contribution in [3.63, 3.8) is 0 Å². The molecule has 0 bridgehead atoms. The summed E-state index contributed by atoms with van der Waals surface area (Å²) < 4.78 is 5.31. The van der Waals surface area contributed by atoms with Crippen molar-refractivity contribution in [2.75, 3.05) is 6.61 Å². The van der Waals surface area contributed by atoms with Gasteiger partial charge in [0.05, 0.1) is 12.7 Å². The summed E-state index contributed by atoms with van der Waals surface area (Å²) in [5.41, 5.74) is 1.21. The average Bonchev–Trinajstić information content (AvgIpc) is 2.24. The summed E-state index contributed by atoms with van der Waals surface area (Å²) in [6, 6.07) is 10.0. The van der Waals surface area contributed by atoms with Crippen LogP contribution >= 0.6 is 0 Å². The molecule has 1 aromatic rings. The first-order chi connectivity index (χ1) is 7.51. The van der Waals surface area contributed by atoms with Crippen LogP contribution in [-0.4, -0.2) is 28.7 Å². The van der Waals surface area contributed by atoms with E-state index in [0.29, 0.717) is 6.42 Å². The van der Waals surface area contributed by atoms with Crippen LogP contribution in [0.1, 0.15) is 25.8 Å². The molecule has 0 fully saturated rings. The highest BCUT2D eigenvalue weighted by molar-refractivity contribution is 5.14. The molecule has 0 aromatic heterocycles. The summed E-state index contributed by atoms with van der Waals surface area (Å²) in [6.45, 7) is 3.06. The lowest BCUT2D eigenvalue weighted by molar-refractivity contribution is -0.213. The molecule has 0 radical (unpaired) electrons. The molecule has 0 aliphatic carbocycles. The van der Waals surface area contributed by atoms with Crippen LogP contribution < -0.4 is 0 Å². The van der Waals surface area contributed by atoms with Gasteiger partial charge in [0, 0.05) is 0 Å². The number of benzene rings is 1. The average molecular weight is 224 g/mol. The van der Waals surface area contributed by atoms with Crippen molar-refractivity contribution in [1.29, 1.82) is 0 Å². The molecule has 0 heterocycles. The van der Waals surface area contributed by atoms with E-state index in [4.69, 9.17) is 9.84 Å². The van der Waals surface area contributed by atoms with Crippen LogP contribution in [0.25, 0.3) is 0 Å². The molecular formula is C13H20O3. The molecule has 3 heteroatoms. The van der Waals surface area contributed by atoms with Gasteiger partial charge in [0.2, 0.25) is 0 Å². The van der Waals surface area contributed by atoms with Gasteiger partial charge in [-0.1, -0.05) is 30.3 Å². The van der Waals surface area contributed by atoms with Gasteiger partial charge in [-0.05, 0) is 32.3 Å². The lowest BCUT2D eigenvalue weighted by Gasteiger charge is -2.25. The zero-order valence-corrected chi connectivity index (χ0v) is 9.89. The van der Waals surface area contributed by atoms with E-state index in [2.05, 4.69) is 0 Å². The zero-order chi connectivity index (χ0) is 12.0. The summed E-state index contributed by atoms with van der Waals surface area (Å²) in [5.74, 6) is -1.19. The Bertz CT molecular complexity index is 290. The van der Waals surface area contributed by atoms with Gasteiger partial charge in [-0.15, -0.1) is 0 Å². The molecule has 1 rings (SSSR count). The maximum atomic E-state index is 9.48. The summed E-state index contributed by atoms with van der Waals surface area (Å²) >= 11 is 0. The Hall–Kier alpha value is -0.900. The van der Waals surface area contributed by atoms with E-state index in [-0.39, 0.29) is 12.7 Å². The van der Waals surface area contributed by atoms with E-state index in [1.807, 2.05) is 30.3 Å². The zero-order valence-electron chi connectivity index (χ0n) is 9.89. The molecule has 1 unspecified atom stereocenters. The van der Waals surface area contributed by atoms with E-state index in [1.54, 1.807) is 13.8 Å². The second-order valence-corrected chi connectivity index (χ2v) is 4.39. The van der Waals surface area contributed by atoms with Crippen LogP contribution in [0, 0.1) is 0 Å². The molecule has 90 valence electrons. The first-order valence-electron chi connectivity index (χ1n) is 5.56. The third kappa shape index (κ3) is 5.26. The molecule has 3 nitrogen and oxygen atoms in total. The van der Waals surface area contributed by atoms with Gasteiger partial charge in [-0.25, -0.2) is 0 Å². The smallest absolute Gasteiger partial charge is 0.160 e. The lowest BCUT2D eigenvalue weighted by Crippen LogP contribution is -2.32. The van der Waals surface area contributed by atoms with E-state index in [1.165, 1.54) is 5.56 Å². The van der Waals surface area contributed by atoms with Gasteiger partial charge in [0.1, 0.15) is 0 Å². The second-order valence-electron chi connectivity index (χ2n) is 4.39. The maximum absolute atomic E-state index is 9.48. The monoisotopic (exact) mass is 224 g/mol. The molecule has 0 aliphatic heterocycles. The van der Waals surface area contributed by atoms with Crippen LogP contribution in [0.5, 0.6) is 0 Å². The van der Waals surface area contributed by atoms with Crippen molar-refractivity contribution in [2.24, 2.45) is 0 Å². The molecule has 1 atom stereocenters. The SMILES string of the molecule is CC(C)(O)OC(CO)CCc1ccccc1. The predicted octanol–water partition coefficient (Wildman–Crippen LogP) is 1.73. The van der Waals surface area contributed by atoms with Crippen LogP contribution in [0.3, 0.4) is 0 Å². The minimum absolute atomic E-state index is 0.0726. The molecule has 0 saturated carbocycles. The van der Waals surface area contributed by atoms with Crippen molar-refractivity contribution in [2.45, 2.75) is 38.6 Å². The standard InChI is InChI=1S/C13H20O3/c1-13(2,15)16-12(10-14)9-8-11-6-4-3-5-7-11/h3-7,12,14-15H,8-10H2,1-2H3. The van der Waals surface area contributed by atoms with E-state index in [0.717, 1.165) is 6.42 Å². The van der Waals surface area contributed by atoms with Crippen LogP contribution in [0.15, 0.2) is 30.3 Å². The predicted molar refractivity (Wildman–Crippen MR) is 63.0 cm³/mol. The normalized spacial score (nSPS) is 13.8. The summed E-state index contributed by atoms with van der Waals surface area (Å²) in [6.07, 6.45) is 1.22. The van der Waals surface area contributed by atoms with Gasteiger partial charge in [-0.2, -0.15) is 0 Å². The Morgan fingerprint density at radius 3 is 2.38 bits per heavy atom. The minimum Gasteiger partial charge on any atom is -0.394 e. The van der Waals surface area contributed by atoms with Gasteiger partial charge in [-0.3, -0.25) is 0 Å². The highest BCUT2D eigenvalue weighted by atomic mass is 16.6. The summed E-state index contributed by atoms with van der Waals surface area (Å²) in [5, 5.41) is 18.6. The fourth-order valence-corrected chi connectivity index (χ4v) is 1.57. The topological polar surface area (TPSA) is 49.7 Å². The Balaban J connectivity index is 2.40. The van der Waals surface area contributed by atoms with Crippen molar-refractivity contribution in [1.82, 2.24) is 0 Å². The van der Waals surface area contributed by atoms with Crippen LogP contribution in [0.2, 0.25) is 0 Å². The molecular weight excluding hydrogens is 204 g/mol. The fraction of sp³-hybridized carbons (Fsp3) is 0.538. The third-order valence-electron chi connectivity index (χ3n) is 2.26. The Morgan fingerprint density at radius 2 is 1.88 bits per heavy atom. The van der Waals surface area contributed by atoms with E-state index >= 15 is 0 Å². The Kier molecular flexibility index (Phi) is 4.93.